The van der Waals surface area contributed by atoms with E-state index in [0.29, 0.717) is 0 Å². The van der Waals surface area contributed by atoms with Gasteiger partial charge in [0.25, 0.3) is 0 Å². The Balaban J connectivity index is 1.97. The van der Waals surface area contributed by atoms with E-state index in [1.54, 1.807) is 0 Å². The van der Waals surface area contributed by atoms with E-state index in [4.69, 9.17) is 11.6 Å². The van der Waals surface area contributed by atoms with Gasteiger partial charge in [-0.2, -0.15) is 0 Å². The molecule has 1 aromatic carbocycles. The molecule has 0 unspecified atom stereocenters. The van der Waals surface area contributed by atoms with Gasteiger partial charge in [-0.15, -0.1) is 11.6 Å². The molecular formula is C13H17ClN2O. The third kappa shape index (κ3) is 3.72. The fourth-order valence-corrected chi connectivity index (χ4v) is 2.21. The summed E-state index contributed by atoms with van der Waals surface area (Å²) in [6.45, 7) is 3.32. The van der Waals surface area contributed by atoms with Crippen molar-refractivity contribution < 1.29 is 4.79 Å². The lowest BCUT2D eigenvalue weighted by molar-refractivity contribution is -0.113. The summed E-state index contributed by atoms with van der Waals surface area (Å²) in [5, 5.41) is 2.77. The molecular weight excluding hydrogens is 236 g/mol. The molecule has 0 atom stereocenters. The second kappa shape index (κ2) is 6.03. The fraction of sp³-hybridized carbons (Fsp3) is 0.462. The number of alkyl halides is 1. The number of hydrogen-bond donors (Lipinski definition) is 1. The number of benzene rings is 1. The van der Waals surface area contributed by atoms with Crippen LogP contribution in [0.5, 0.6) is 0 Å². The van der Waals surface area contributed by atoms with E-state index in [9.17, 15) is 4.79 Å². The number of nitrogens with one attached hydrogen (secondary N) is 1. The van der Waals surface area contributed by atoms with Crippen LogP contribution in [0.3, 0.4) is 0 Å². The lowest BCUT2D eigenvalue weighted by atomic mass is 10.2. The lowest BCUT2D eigenvalue weighted by Crippen LogP contribution is -2.18. The Morgan fingerprint density at radius 2 is 2.12 bits per heavy atom. The molecule has 92 valence electrons. The molecule has 0 saturated carbocycles. The number of hydrogen-bond acceptors (Lipinski definition) is 2. The van der Waals surface area contributed by atoms with Crippen LogP contribution in [-0.4, -0.2) is 29.8 Å². The van der Waals surface area contributed by atoms with E-state index in [2.05, 4.69) is 16.3 Å². The van der Waals surface area contributed by atoms with E-state index in [1.807, 2.05) is 18.2 Å². The Kier molecular flexibility index (Phi) is 4.40. The van der Waals surface area contributed by atoms with Crippen LogP contribution in [0.15, 0.2) is 24.3 Å². The molecule has 17 heavy (non-hydrogen) atoms. The van der Waals surface area contributed by atoms with Crippen molar-refractivity contribution in [1.82, 2.24) is 4.90 Å². The van der Waals surface area contributed by atoms with Gasteiger partial charge in [-0.25, -0.2) is 0 Å². The van der Waals surface area contributed by atoms with E-state index in [-0.39, 0.29) is 11.8 Å². The molecule has 3 nitrogen and oxygen atoms in total. The van der Waals surface area contributed by atoms with Crippen LogP contribution in [0, 0.1) is 0 Å². The second-order valence-corrected chi connectivity index (χ2v) is 4.63. The Bertz CT molecular complexity index is 389. The summed E-state index contributed by atoms with van der Waals surface area (Å²) in [5.74, 6) is -0.166. The van der Waals surface area contributed by atoms with Crippen LogP contribution in [0.4, 0.5) is 5.69 Å². The molecule has 0 spiro atoms. The van der Waals surface area contributed by atoms with Gasteiger partial charge in [-0.1, -0.05) is 12.1 Å². The molecule has 0 aliphatic carbocycles. The Labute approximate surface area is 107 Å². The minimum atomic E-state index is -0.162. The minimum absolute atomic E-state index is 0.00362. The summed E-state index contributed by atoms with van der Waals surface area (Å²) in [4.78, 5) is 13.6. The molecule has 4 heteroatoms. The first-order valence-corrected chi connectivity index (χ1v) is 6.48. The molecule has 1 heterocycles. The van der Waals surface area contributed by atoms with Crippen molar-refractivity contribution >= 4 is 23.2 Å². The highest BCUT2D eigenvalue weighted by Gasteiger charge is 2.11. The molecule has 1 amide bonds. The normalized spacial score (nSPS) is 16.1. The van der Waals surface area contributed by atoms with Gasteiger partial charge in [0.15, 0.2) is 0 Å². The van der Waals surface area contributed by atoms with E-state index < -0.39 is 0 Å². The fourth-order valence-electron chi connectivity index (χ4n) is 2.14. The highest BCUT2D eigenvalue weighted by atomic mass is 35.5. The topological polar surface area (TPSA) is 32.3 Å². The monoisotopic (exact) mass is 252 g/mol. The van der Waals surface area contributed by atoms with Gasteiger partial charge in [0.2, 0.25) is 5.91 Å². The standard InChI is InChI=1S/C13H17ClN2O/c14-9-13(17)15-12-5-3-4-11(8-12)10-16-6-1-2-7-16/h3-5,8H,1-2,6-7,9-10H2,(H,15,17). The van der Waals surface area contributed by atoms with Crippen molar-refractivity contribution in [2.24, 2.45) is 0 Å². The van der Waals surface area contributed by atoms with Gasteiger partial charge in [0, 0.05) is 12.2 Å². The summed E-state index contributed by atoms with van der Waals surface area (Å²) in [6, 6.07) is 7.96. The lowest BCUT2D eigenvalue weighted by Gasteiger charge is -2.15. The van der Waals surface area contributed by atoms with Crippen molar-refractivity contribution in [2.45, 2.75) is 19.4 Å². The predicted octanol–water partition coefficient (Wildman–Crippen LogP) is 2.46. The van der Waals surface area contributed by atoms with E-state index >= 15 is 0 Å². The number of likely N-dealkylation sites (tertiary alicyclic amines) is 1. The summed E-state index contributed by atoms with van der Waals surface area (Å²) in [7, 11) is 0. The maximum atomic E-state index is 11.2. The van der Waals surface area contributed by atoms with Crippen LogP contribution < -0.4 is 5.32 Å². The van der Waals surface area contributed by atoms with Crippen molar-refractivity contribution in [1.29, 1.82) is 0 Å². The molecule has 1 aliphatic heterocycles. The zero-order valence-corrected chi connectivity index (χ0v) is 10.5. The summed E-state index contributed by atoms with van der Waals surface area (Å²) < 4.78 is 0. The van der Waals surface area contributed by atoms with Crippen LogP contribution in [-0.2, 0) is 11.3 Å². The number of nitrogens with zero attached hydrogens (tertiary/aromatic N) is 1. The highest BCUT2D eigenvalue weighted by Crippen LogP contribution is 2.16. The molecule has 1 aliphatic rings. The number of carbonyl (C=O) groups excluding carboxylic acids is 1. The number of amides is 1. The molecule has 1 aromatic rings. The smallest absolute Gasteiger partial charge is 0.239 e. The molecule has 1 N–H and O–H groups in total. The average molecular weight is 253 g/mol. The highest BCUT2D eigenvalue weighted by molar-refractivity contribution is 6.29. The van der Waals surface area contributed by atoms with Crippen molar-refractivity contribution in [3.05, 3.63) is 29.8 Å². The number of anilines is 1. The first kappa shape index (κ1) is 12.4. The van der Waals surface area contributed by atoms with Crippen molar-refractivity contribution in [2.75, 3.05) is 24.3 Å². The average Bonchev–Trinajstić information content (AvgIpc) is 2.82. The summed E-state index contributed by atoms with van der Waals surface area (Å²) >= 11 is 5.46. The molecule has 1 fully saturated rings. The Morgan fingerprint density at radius 3 is 2.82 bits per heavy atom. The maximum absolute atomic E-state index is 11.2. The van der Waals surface area contributed by atoms with Crippen LogP contribution in [0.2, 0.25) is 0 Å². The first-order chi connectivity index (χ1) is 8.28. The van der Waals surface area contributed by atoms with Crippen LogP contribution in [0.1, 0.15) is 18.4 Å². The van der Waals surface area contributed by atoms with E-state index in [0.717, 1.165) is 12.2 Å². The Hall–Kier alpha value is -1.06. The molecule has 2 rings (SSSR count). The summed E-state index contributed by atoms with van der Waals surface area (Å²) in [5.41, 5.74) is 2.06. The SMILES string of the molecule is O=C(CCl)Nc1cccc(CN2CCCC2)c1. The van der Waals surface area contributed by atoms with Gasteiger partial charge in [-0.05, 0) is 43.6 Å². The van der Waals surface area contributed by atoms with Gasteiger partial charge < -0.3 is 5.32 Å². The van der Waals surface area contributed by atoms with Crippen molar-refractivity contribution in [3.63, 3.8) is 0 Å². The third-order valence-corrected chi connectivity index (χ3v) is 3.18. The number of carbonyl (C=O) groups is 1. The van der Waals surface area contributed by atoms with Crippen molar-refractivity contribution in [3.8, 4) is 0 Å². The van der Waals surface area contributed by atoms with Crippen LogP contribution >= 0.6 is 11.6 Å². The number of rotatable bonds is 4. The largest absolute Gasteiger partial charge is 0.325 e. The third-order valence-electron chi connectivity index (χ3n) is 2.94. The Morgan fingerprint density at radius 1 is 1.35 bits per heavy atom. The van der Waals surface area contributed by atoms with Crippen LogP contribution in [0.25, 0.3) is 0 Å². The van der Waals surface area contributed by atoms with E-state index in [1.165, 1.54) is 31.5 Å². The molecule has 0 bridgehead atoms. The maximum Gasteiger partial charge on any atom is 0.239 e. The molecule has 0 radical (unpaired) electrons. The minimum Gasteiger partial charge on any atom is -0.325 e. The second-order valence-electron chi connectivity index (χ2n) is 4.37. The molecule has 1 saturated heterocycles. The number of halogens is 1. The first-order valence-electron chi connectivity index (χ1n) is 5.95. The predicted molar refractivity (Wildman–Crippen MR) is 70.3 cm³/mol. The van der Waals surface area contributed by atoms with Gasteiger partial charge in [0.05, 0.1) is 0 Å². The van der Waals surface area contributed by atoms with Gasteiger partial charge in [-0.3, -0.25) is 9.69 Å². The summed E-state index contributed by atoms with van der Waals surface area (Å²) in [6.07, 6.45) is 2.59. The van der Waals surface area contributed by atoms with Gasteiger partial charge in [0.1, 0.15) is 5.88 Å². The van der Waals surface area contributed by atoms with Gasteiger partial charge >= 0.3 is 0 Å². The quantitative estimate of drug-likeness (QED) is 0.835. The zero-order valence-electron chi connectivity index (χ0n) is 9.79. The molecule has 0 aromatic heterocycles. The zero-order chi connectivity index (χ0) is 12.1.